The molecule has 0 bridgehead atoms. The van der Waals surface area contributed by atoms with Gasteiger partial charge in [0.05, 0.1) is 11.4 Å². The summed E-state index contributed by atoms with van der Waals surface area (Å²) in [6.45, 7) is 4.68. The zero-order valence-electron chi connectivity index (χ0n) is 30.9. The van der Waals surface area contributed by atoms with Crippen LogP contribution in [0.1, 0.15) is 25.0 Å². The average Bonchev–Trinajstić information content (AvgIpc) is 3.49. The number of hydrogen-bond donors (Lipinski definition) is 0. The molecule has 1 heterocycles. The minimum absolute atomic E-state index is 0.0106. The van der Waals surface area contributed by atoms with Crippen LogP contribution >= 0.6 is 0 Å². The van der Waals surface area contributed by atoms with Gasteiger partial charge in [0.15, 0.2) is 5.82 Å². The second kappa shape index (κ2) is 13.2. The van der Waals surface area contributed by atoms with E-state index in [2.05, 4.69) is 172 Å². The van der Waals surface area contributed by atoms with Crippen LogP contribution in [0.15, 0.2) is 194 Å². The van der Waals surface area contributed by atoms with Gasteiger partial charge in [0.25, 0.3) is 0 Å². The Morgan fingerprint density at radius 3 is 1.51 bits per heavy atom. The van der Waals surface area contributed by atoms with Crippen LogP contribution in [0.3, 0.4) is 0 Å². The summed E-state index contributed by atoms with van der Waals surface area (Å²) in [5.74, 6) is 0.714. The van der Waals surface area contributed by atoms with Gasteiger partial charge in [-0.2, -0.15) is 0 Å². The van der Waals surface area contributed by atoms with Crippen molar-refractivity contribution in [2.45, 2.75) is 19.3 Å². The van der Waals surface area contributed by atoms with Crippen molar-refractivity contribution in [3.8, 4) is 78.4 Å². The van der Waals surface area contributed by atoms with E-state index in [0.717, 1.165) is 33.6 Å². The van der Waals surface area contributed by atoms with Crippen LogP contribution in [0.4, 0.5) is 0 Å². The number of nitrogens with zero attached hydrogens (tertiary/aromatic N) is 2. The van der Waals surface area contributed by atoms with E-state index in [9.17, 15) is 0 Å². The summed E-state index contributed by atoms with van der Waals surface area (Å²) < 4.78 is 0. The van der Waals surface area contributed by atoms with Crippen LogP contribution in [-0.2, 0) is 5.41 Å². The fourth-order valence-electron chi connectivity index (χ4n) is 8.34. The molecule has 2 heteroatoms. The zero-order chi connectivity index (χ0) is 36.9. The first-order chi connectivity index (χ1) is 27.0. The molecule has 2 nitrogen and oxygen atoms in total. The van der Waals surface area contributed by atoms with E-state index in [1.54, 1.807) is 0 Å². The van der Waals surface area contributed by atoms with Gasteiger partial charge in [-0.05, 0) is 84.6 Å². The maximum atomic E-state index is 5.03. The van der Waals surface area contributed by atoms with Crippen molar-refractivity contribution in [2.75, 3.05) is 0 Å². The largest absolute Gasteiger partial charge is 0.228 e. The highest BCUT2D eigenvalue weighted by Crippen LogP contribution is 2.49. The highest BCUT2D eigenvalue weighted by atomic mass is 14.9. The Bertz CT molecular complexity index is 2800. The molecule has 0 aliphatic heterocycles. The maximum absolute atomic E-state index is 5.03. The topological polar surface area (TPSA) is 25.8 Å². The Kier molecular flexibility index (Phi) is 7.85. The standard InChI is InChI=1S/C53H38N2/c1-53(2)48-19-10-9-17-46(48)47-31-29-42(33-49(47)53)36-22-20-35(21-23-36)41-28-30-45-43(32-41)16-11-18-44(45)37-24-26-40(27-25-37)52-54-50(38-12-5-3-6-13-38)34-51(55-52)39-14-7-4-8-15-39/h3-34H,1-2H3. The minimum Gasteiger partial charge on any atom is -0.228 e. The molecule has 0 radical (unpaired) electrons. The Morgan fingerprint density at radius 2 is 0.836 bits per heavy atom. The second-order valence-corrected chi connectivity index (χ2v) is 15.0. The first-order valence-electron chi connectivity index (χ1n) is 19.0. The van der Waals surface area contributed by atoms with Crippen LogP contribution < -0.4 is 0 Å². The Morgan fingerprint density at radius 1 is 0.327 bits per heavy atom. The number of fused-ring (bicyclic) bond motifs is 4. The van der Waals surface area contributed by atoms with Gasteiger partial charge >= 0.3 is 0 Å². The lowest BCUT2D eigenvalue weighted by atomic mass is 9.81. The molecule has 0 saturated carbocycles. The van der Waals surface area contributed by atoms with Crippen LogP contribution in [0.2, 0.25) is 0 Å². The molecule has 0 saturated heterocycles. The van der Waals surface area contributed by atoms with Crippen LogP contribution in [0.5, 0.6) is 0 Å². The third-order valence-electron chi connectivity index (χ3n) is 11.3. The predicted octanol–water partition coefficient (Wildman–Crippen LogP) is 13.9. The van der Waals surface area contributed by atoms with Crippen molar-refractivity contribution >= 4 is 10.8 Å². The molecule has 9 aromatic rings. The summed E-state index contributed by atoms with van der Waals surface area (Å²) in [6, 6.07) is 69.6. The summed E-state index contributed by atoms with van der Waals surface area (Å²) in [4.78, 5) is 10.1. The Balaban J connectivity index is 0.935. The van der Waals surface area contributed by atoms with Crippen molar-refractivity contribution < 1.29 is 0 Å². The SMILES string of the molecule is CC1(C)c2ccccc2-c2ccc(-c3ccc(-c4ccc5c(-c6ccc(-c7nc(-c8ccccc8)cc(-c8ccccc8)n7)cc6)cccc5c4)cc3)cc21. The summed E-state index contributed by atoms with van der Waals surface area (Å²) in [5.41, 5.74) is 17.7. The van der Waals surface area contributed by atoms with E-state index in [1.807, 2.05) is 36.4 Å². The smallest absolute Gasteiger partial charge is 0.160 e. The first-order valence-corrected chi connectivity index (χ1v) is 19.0. The van der Waals surface area contributed by atoms with Gasteiger partial charge in [-0.3, -0.25) is 0 Å². The molecule has 0 N–H and O–H groups in total. The van der Waals surface area contributed by atoms with Gasteiger partial charge in [-0.15, -0.1) is 0 Å². The van der Waals surface area contributed by atoms with E-state index >= 15 is 0 Å². The van der Waals surface area contributed by atoms with E-state index in [-0.39, 0.29) is 5.41 Å². The third-order valence-corrected chi connectivity index (χ3v) is 11.3. The van der Waals surface area contributed by atoms with Crippen LogP contribution in [0, 0.1) is 0 Å². The lowest BCUT2D eigenvalue weighted by Gasteiger charge is -2.22. The molecule has 1 aliphatic rings. The third kappa shape index (κ3) is 5.84. The second-order valence-electron chi connectivity index (χ2n) is 15.0. The van der Waals surface area contributed by atoms with E-state index in [4.69, 9.17) is 9.97 Å². The van der Waals surface area contributed by atoms with Gasteiger partial charge in [0.1, 0.15) is 0 Å². The molecule has 0 atom stereocenters. The number of rotatable bonds is 6. The van der Waals surface area contributed by atoms with Gasteiger partial charge in [0, 0.05) is 22.1 Å². The molecule has 0 fully saturated rings. The number of aromatic nitrogens is 2. The van der Waals surface area contributed by atoms with Gasteiger partial charge in [-0.1, -0.05) is 190 Å². The van der Waals surface area contributed by atoms with Gasteiger partial charge in [-0.25, -0.2) is 9.97 Å². The molecule has 0 unspecified atom stereocenters. The quantitative estimate of drug-likeness (QED) is 0.172. The zero-order valence-corrected chi connectivity index (χ0v) is 30.9. The lowest BCUT2D eigenvalue weighted by Crippen LogP contribution is -2.14. The number of benzene rings is 8. The average molecular weight is 703 g/mol. The van der Waals surface area contributed by atoms with Crippen molar-refractivity contribution in [2.24, 2.45) is 0 Å². The fraction of sp³-hybridized carbons (Fsp3) is 0.0566. The van der Waals surface area contributed by atoms with E-state index in [0.29, 0.717) is 5.82 Å². The molecular weight excluding hydrogens is 665 g/mol. The fourth-order valence-corrected chi connectivity index (χ4v) is 8.34. The molecule has 10 rings (SSSR count). The summed E-state index contributed by atoms with van der Waals surface area (Å²) >= 11 is 0. The first kappa shape index (κ1) is 32.7. The van der Waals surface area contributed by atoms with E-state index in [1.165, 1.54) is 60.8 Å². The molecule has 0 spiro atoms. The molecule has 8 aromatic carbocycles. The van der Waals surface area contributed by atoms with Gasteiger partial charge in [0.2, 0.25) is 0 Å². The lowest BCUT2D eigenvalue weighted by molar-refractivity contribution is 0.660. The predicted molar refractivity (Wildman–Crippen MR) is 230 cm³/mol. The Labute approximate surface area is 322 Å². The molecule has 260 valence electrons. The maximum Gasteiger partial charge on any atom is 0.160 e. The molecular formula is C53H38N2. The van der Waals surface area contributed by atoms with Crippen molar-refractivity contribution in [3.63, 3.8) is 0 Å². The number of hydrogen-bond acceptors (Lipinski definition) is 2. The highest BCUT2D eigenvalue weighted by molar-refractivity contribution is 5.99. The van der Waals surface area contributed by atoms with Crippen molar-refractivity contribution in [1.29, 1.82) is 0 Å². The summed E-state index contributed by atoms with van der Waals surface area (Å²) in [6.07, 6.45) is 0. The molecule has 1 aromatic heterocycles. The van der Waals surface area contributed by atoms with Crippen LogP contribution in [0.25, 0.3) is 89.2 Å². The molecule has 1 aliphatic carbocycles. The van der Waals surface area contributed by atoms with Crippen molar-refractivity contribution in [1.82, 2.24) is 9.97 Å². The summed E-state index contributed by atoms with van der Waals surface area (Å²) in [7, 11) is 0. The normalized spacial score (nSPS) is 12.7. The summed E-state index contributed by atoms with van der Waals surface area (Å²) in [5, 5.41) is 2.45. The highest BCUT2D eigenvalue weighted by Gasteiger charge is 2.35. The monoisotopic (exact) mass is 702 g/mol. The molecule has 0 amide bonds. The van der Waals surface area contributed by atoms with Gasteiger partial charge < -0.3 is 0 Å². The molecule has 55 heavy (non-hydrogen) atoms. The minimum atomic E-state index is -0.0106. The van der Waals surface area contributed by atoms with Crippen LogP contribution in [-0.4, -0.2) is 9.97 Å². The van der Waals surface area contributed by atoms with E-state index < -0.39 is 0 Å². The Hall–Kier alpha value is -6.90. The van der Waals surface area contributed by atoms with Crippen molar-refractivity contribution in [3.05, 3.63) is 205 Å².